The third-order valence-corrected chi connectivity index (χ3v) is 2.57. The first-order chi connectivity index (χ1) is 5.74. The van der Waals surface area contributed by atoms with Crippen molar-refractivity contribution in [1.29, 1.82) is 0 Å². The summed E-state index contributed by atoms with van der Waals surface area (Å²) in [6.07, 6.45) is 6.49. The Morgan fingerprint density at radius 3 is 2.67 bits per heavy atom. The SMILES string of the molecule is CCCCC(CC1CC1)C(=O)O. The molecule has 0 saturated heterocycles. The third-order valence-electron chi connectivity index (χ3n) is 2.57. The summed E-state index contributed by atoms with van der Waals surface area (Å²) >= 11 is 0. The van der Waals surface area contributed by atoms with Gasteiger partial charge in [0.15, 0.2) is 0 Å². The van der Waals surface area contributed by atoms with Crippen molar-refractivity contribution >= 4 is 5.97 Å². The minimum absolute atomic E-state index is 0.0579. The summed E-state index contributed by atoms with van der Waals surface area (Å²) in [4.78, 5) is 10.8. The number of rotatable bonds is 6. The monoisotopic (exact) mass is 170 g/mol. The second-order valence-corrected chi connectivity index (χ2v) is 3.86. The molecule has 1 fully saturated rings. The van der Waals surface area contributed by atoms with E-state index in [1.54, 1.807) is 0 Å². The number of carbonyl (C=O) groups is 1. The van der Waals surface area contributed by atoms with Crippen molar-refractivity contribution in [2.75, 3.05) is 0 Å². The summed E-state index contributed by atoms with van der Waals surface area (Å²) in [6, 6.07) is 0. The normalized spacial score (nSPS) is 19.1. The molecule has 0 radical (unpaired) electrons. The molecule has 0 aliphatic heterocycles. The molecule has 0 amide bonds. The molecule has 0 heterocycles. The van der Waals surface area contributed by atoms with Crippen LogP contribution >= 0.6 is 0 Å². The summed E-state index contributed by atoms with van der Waals surface area (Å²) in [6.45, 7) is 2.11. The summed E-state index contributed by atoms with van der Waals surface area (Å²) in [5, 5.41) is 8.88. The molecule has 2 heteroatoms. The molecule has 2 nitrogen and oxygen atoms in total. The molecule has 0 spiro atoms. The van der Waals surface area contributed by atoms with Gasteiger partial charge < -0.3 is 5.11 Å². The van der Waals surface area contributed by atoms with Crippen LogP contribution in [-0.4, -0.2) is 11.1 Å². The summed E-state index contributed by atoms with van der Waals surface area (Å²) < 4.78 is 0. The number of aliphatic carboxylic acids is 1. The van der Waals surface area contributed by atoms with Crippen LogP contribution in [0.1, 0.15) is 45.4 Å². The van der Waals surface area contributed by atoms with Crippen LogP contribution < -0.4 is 0 Å². The van der Waals surface area contributed by atoms with E-state index in [2.05, 4.69) is 6.92 Å². The van der Waals surface area contributed by atoms with Gasteiger partial charge in [0.05, 0.1) is 5.92 Å². The van der Waals surface area contributed by atoms with Gasteiger partial charge in [0.25, 0.3) is 0 Å². The molecule has 1 aliphatic rings. The van der Waals surface area contributed by atoms with Crippen molar-refractivity contribution in [2.24, 2.45) is 11.8 Å². The quantitative estimate of drug-likeness (QED) is 0.665. The average Bonchev–Trinajstić information content (AvgIpc) is 2.80. The molecule has 1 atom stereocenters. The third kappa shape index (κ3) is 3.24. The second kappa shape index (κ2) is 4.48. The molecule has 1 rings (SSSR count). The van der Waals surface area contributed by atoms with E-state index in [1.165, 1.54) is 12.8 Å². The van der Waals surface area contributed by atoms with E-state index < -0.39 is 5.97 Å². The van der Waals surface area contributed by atoms with Crippen molar-refractivity contribution < 1.29 is 9.90 Å². The Balaban J connectivity index is 2.21. The first-order valence-corrected chi connectivity index (χ1v) is 4.96. The molecule has 0 aromatic carbocycles. The van der Waals surface area contributed by atoms with Crippen LogP contribution in [0.4, 0.5) is 0 Å². The highest BCUT2D eigenvalue weighted by atomic mass is 16.4. The van der Waals surface area contributed by atoms with Crippen LogP contribution in [0.5, 0.6) is 0 Å². The van der Waals surface area contributed by atoms with Gasteiger partial charge in [-0.15, -0.1) is 0 Å². The van der Waals surface area contributed by atoms with Crippen molar-refractivity contribution in [3.63, 3.8) is 0 Å². The predicted molar refractivity (Wildman–Crippen MR) is 48.0 cm³/mol. The summed E-state index contributed by atoms with van der Waals surface area (Å²) in [7, 11) is 0. The molecule has 1 unspecified atom stereocenters. The maximum Gasteiger partial charge on any atom is 0.306 e. The fourth-order valence-electron chi connectivity index (χ4n) is 1.55. The van der Waals surface area contributed by atoms with E-state index in [-0.39, 0.29) is 5.92 Å². The Labute approximate surface area is 74.0 Å². The summed E-state index contributed by atoms with van der Waals surface area (Å²) in [5.74, 6) is 0.0933. The first-order valence-electron chi connectivity index (χ1n) is 4.96. The van der Waals surface area contributed by atoms with Gasteiger partial charge in [-0.1, -0.05) is 32.6 Å². The van der Waals surface area contributed by atoms with Gasteiger partial charge in [-0.2, -0.15) is 0 Å². The standard InChI is InChI=1S/C10H18O2/c1-2-3-4-9(10(11)12)7-8-5-6-8/h8-9H,2-7H2,1H3,(H,11,12). The maximum atomic E-state index is 10.8. The van der Waals surface area contributed by atoms with Gasteiger partial charge >= 0.3 is 5.97 Å². The van der Waals surface area contributed by atoms with Gasteiger partial charge in [0, 0.05) is 0 Å². The smallest absolute Gasteiger partial charge is 0.306 e. The number of hydrogen-bond acceptors (Lipinski definition) is 1. The Kier molecular flexibility index (Phi) is 3.57. The van der Waals surface area contributed by atoms with E-state index in [9.17, 15) is 4.79 Å². The minimum Gasteiger partial charge on any atom is -0.481 e. The fraction of sp³-hybridized carbons (Fsp3) is 0.900. The lowest BCUT2D eigenvalue weighted by molar-refractivity contribution is -0.142. The zero-order valence-electron chi connectivity index (χ0n) is 7.75. The van der Waals surface area contributed by atoms with Crippen LogP contribution in [-0.2, 0) is 4.79 Å². The van der Waals surface area contributed by atoms with E-state index >= 15 is 0 Å². The highest BCUT2D eigenvalue weighted by Gasteiger charge is 2.28. The van der Waals surface area contributed by atoms with Crippen molar-refractivity contribution in [2.45, 2.75) is 45.4 Å². The summed E-state index contributed by atoms with van der Waals surface area (Å²) in [5.41, 5.74) is 0. The molecule has 12 heavy (non-hydrogen) atoms. The van der Waals surface area contributed by atoms with Gasteiger partial charge in [-0.25, -0.2) is 0 Å². The number of carboxylic acids is 1. The number of unbranched alkanes of at least 4 members (excludes halogenated alkanes) is 1. The Morgan fingerprint density at radius 1 is 1.58 bits per heavy atom. The average molecular weight is 170 g/mol. The van der Waals surface area contributed by atoms with E-state index in [0.717, 1.165) is 31.6 Å². The number of carboxylic acid groups (broad SMARTS) is 1. The van der Waals surface area contributed by atoms with E-state index in [4.69, 9.17) is 5.11 Å². The Hall–Kier alpha value is -0.530. The molecular formula is C10H18O2. The van der Waals surface area contributed by atoms with Crippen LogP contribution in [0.2, 0.25) is 0 Å². The van der Waals surface area contributed by atoms with Crippen LogP contribution in [0, 0.1) is 11.8 Å². The van der Waals surface area contributed by atoms with Gasteiger partial charge in [-0.05, 0) is 18.8 Å². The fourth-order valence-corrected chi connectivity index (χ4v) is 1.55. The van der Waals surface area contributed by atoms with Crippen LogP contribution in [0.15, 0.2) is 0 Å². The minimum atomic E-state index is -0.588. The van der Waals surface area contributed by atoms with Gasteiger partial charge in [0.2, 0.25) is 0 Å². The molecule has 70 valence electrons. The zero-order valence-corrected chi connectivity index (χ0v) is 7.75. The molecule has 0 aromatic rings. The Morgan fingerprint density at radius 2 is 2.25 bits per heavy atom. The van der Waals surface area contributed by atoms with E-state index in [0.29, 0.717) is 0 Å². The lowest BCUT2D eigenvalue weighted by Crippen LogP contribution is -2.14. The van der Waals surface area contributed by atoms with Crippen LogP contribution in [0.25, 0.3) is 0 Å². The topological polar surface area (TPSA) is 37.3 Å². The zero-order chi connectivity index (χ0) is 8.97. The van der Waals surface area contributed by atoms with Gasteiger partial charge in [0.1, 0.15) is 0 Å². The van der Waals surface area contributed by atoms with Crippen LogP contribution in [0.3, 0.4) is 0 Å². The molecule has 1 saturated carbocycles. The molecule has 1 aliphatic carbocycles. The number of hydrogen-bond donors (Lipinski definition) is 1. The Bertz CT molecular complexity index is 150. The lowest BCUT2D eigenvalue weighted by Gasteiger charge is -2.09. The highest BCUT2D eigenvalue weighted by Crippen LogP contribution is 2.36. The predicted octanol–water partition coefficient (Wildman–Crippen LogP) is 2.68. The van der Waals surface area contributed by atoms with Gasteiger partial charge in [-0.3, -0.25) is 4.79 Å². The second-order valence-electron chi connectivity index (χ2n) is 3.86. The molecular weight excluding hydrogens is 152 g/mol. The van der Waals surface area contributed by atoms with E-state index in [1.807, 2.05) is 0 Å². The maximum absolute atomic E-state index is 10.8. The van der Waals surface area contributed by atoms with Crippen molar-refractivity contribution in [3.05, 3.63) is 0 Å². The van der Waals surface area contributed by atoms with Crippen molar-refractivity contribution in [1.82, 2.24) is 0 Å². The first kappa shape index (κ1) is 9.56. The lowest BCUT2D eigenvalue weighted by atomic mass is 9.96. The van der Waals surface area contributed by atoms with Crippen molar-refractivity contribution in [3.8, 4) is 0 Å². The molecule has 0 aromatic heterocycles. The molecule has 0 bridgehead atoms. The largest absolute Gasteiger partial charge is 0.481 e. The highest BCUT2D eigenvalue weighted by molar-refractivity contribution is 5.69. The molecule has 1 N–H and O–H groups in total.